The van der Waals surface area contributed by atoms with Crippen molar-refractivity contribution in [3.8, 4) is 11.3 Å². The monoisotopic (exact) mass is 414 g/mol. The summed E-state index contributed by atoms with van der Waals surface area (Å²) < 4.78 is 15.9. The first-order chi connectivity index (χ1) is 15.2. The number of hydrogen-bond acceptors (Lipinski definition) is 3. The molecular formula is C25H23FN4O. The van der Waals surface area contributed by atoms with E-state index in [1.165, 1.54) is 11.6 Å². The Morgan fingerprint density at radius 3 is 2.52 bits per heavy atom. The molecule has 0 spiro atoms. The molecule has 1 saturated heterocycles. The van der Waals surface area contributed by atoms with Gasteiger partial charge in [0.25, 0.3) is 5.91 Å². The summed E-state index contributed by atoms with van der Waals surface area (Å²) in [5.41, 5.74) is 3.26. The third kappa shape index (κ3) is 3.81. The molecule has 6 heteroatoms. The van der Waals surface area contributed by atoms with Crippen molar-refractivity contribution in [1.82, 2.24) is 19.5 Å². The van der Waals surface area contributed by atoms with E-state index < -0.39 is 0 Å². The van der Waals surface area contributed by atoms with Crippen molar-refractivity contribution in [2.24, 2.45) is 5.92 Å². The molecule has 0 unspecified atom stereocenters. The van der Waals surface area contributed by atoms with Crippen molar-refractivity contribution >= 4 is 11.6 Å². The maximum Gasteiger partial charge on any atom is 0.259 e. The number of fused-ring (bicyclic) bond motifs is 1. The molecule has 0 N–H and O–H groups in total. The normalized spacial score (nSPS) is 14.8. The highest BCUT2D eigenvalue weighted by atomic mass is 19.1. The molecule has 5 rings (SSSR count). The summed E-state index contributed by atoms with van der Waals surface area (Å²) >= 11 is 0. The molecule has 1 fully saturated rings. The van der Waals surface area contributed by atoms with Crippen LogP contribution in [-0.2, 0) is 6.42 Å². The first-order valence-electron chi connectivity index (χ1n) is 10.6. The standard InChI is InChI=1S/C25H23FN4O/c26-22-9-5-4-8-20(22)23-10-13-27-24-21(17-28-30(23)24)25(31)29-14-11-19(12-15-29)16-18-6-2-1-3-7-18/h1-10,13,17,19H,11-12,14-16H2. The van der Waals surface area contributed by atoms with E-state index in [0.717, 1.165) is 32.4 Å². The van der Waals surface area contributed by atoms with Crippen molar-refractivity contribution in [2.45, 2.75) is 19.3 Å². The molecule has 5 nitrogen and oxygen atoms in total. The molecule has 156 valence electrons. The molecule has 1 aliphatic rings. The number of amides is 1. The van der Waals surface area contributed by atoms with Crippen molar-refractivity contribution < 1.29 is 9.18 Å². The van der Waals surface area contributed by atoms with Gasteiger partial charge in [0, 0.05) is 24.8 Å². The second-order valence-corrected chi connectivity index (χ2v) is 8.03. The lowest BCUT2D eigenvalue weighted by Gasteiger charge is -2.32. The highest BCUT2D eigenvalue weighted by Gasteiger charge is 2.26. The Hall–Kier alpha value is -3.54. The maximum absolute atomic E-state index is 14.3. The minimum Gasteiger partial charge on any atom is -0.338 e. The summed E-state index contributed by atoms with van der Waals surface area (Å²) in [6.07, 6.45) is 6.15. The van der Waals surface area contributed by atoms with Crippen LogP contribution in [-0.4, -0.2) is 38.5 Å². The van der Waals surface area contributed by atoms with E-state index >= 15 is 0 Å². The molecule has 2 aromatic carbocycles. The maximum atomic E-state index is 14.3. The summed E-state index contributed by atoms with van der Waals surface area (Å²) in [4.78, 5) is 19.5. The van der Waals surface area contributed by atoms with Gasteiger partial charge in [-0.25, -0.2) is 13.9 Å². The molecular weight excluding hydrogens is 391 g/mol. The molecule has 0 atom stereocenters. The van der Waals surface area contributed by atoms with Gasteiger partial charge in [-0.1, -0.05) is 42.5 Å². The van der Waals surface area contributed by atoms with Gasteiger partial charge in [0.2, 0.25) is 0 Å². The van der Waals surface area contributed by atoms with Gasteiger partial charge in [0.15, 0.2) is 5.65 Å². The average Bonchev–Trinajstić information content (AvgIpc) is 3.25. The van der Waals surface area contributed by atoms with E-state index in [1.54, 1.807) is 41.2 Å². The van der Waals surface area contributed by atoms with Crippen molar-refractivity contribution in [2.75, 3.05) is 13.1 Å². The van der Waals surface area contributed by atoms with Crippen LogP contribution in [0.3, 0.4) is 0 Å². The molecule has 31 heavy (non-hydrogen) atoms. The molecule has 4 aromatic rings. The van der Waals surface area contributed by atoms with Gasteiger partial charge >= 0.3 is 0 Å². The van der Waals surface area contributed by atoms with Gasteiger partial charge in [0.05, 0.1) is 11.9 Å². The van der Waals surface area contributed by atoms with Crippen molar-refractivity contribution in [1.29, 1.82) is 0 Å². The molecule has 2 aromatic heterocycles. The van der Waals surface area contributed by atoms with Gasteiger partial charge in [-0.3, -0.25) is 4.79 Å². The molecule has 0 bridgehead atoms. The van der Waals surface area contributed by atoms with E-state index in [9.17, 15) is 9.18 Å². The summed E-state index contributed by atoms with van der Waals surface area (Å²) in [5, 5.41) is 4.36. The van der Waals surface area contributed by atoms with Gasteiger partial charge in [-0.05, 0) is 48.9 Å². The van der Waals surface area contributed by atoms with Crippen LogP contribution >= 0.6 is 0 Å². The number of benzene rings is 2. The molecule has 0 aliphatic carbocycles. The third-order valence-corrected chi connectivity index (χ3v) is 6.05. The number of aromatic nitrogens is 3. The minimum absolute atomic E-state index is 0.0636. The number of halogens is 1. The lowest BCUT2D eigenvalue weighted by atomic mass is 9.90. The van der Waals surface area contributed by atoms with Crippen LogP contribution in [0.1, 0.15) is 28.8 Å². The number of likely N-dealkylation sites (tertiary alicyclic amines) is 1. The van der Waals surface area contributed by atoms with Crippen LogP contribution < -0.4 is 0 Å². The van der Waals surface area contributed by atoms with E-state index in [1.807, 2.05) is 11.0 Å². The van der Waals surface area contributed by atoms with Gasteiger partial charge in [-0.15, -0.1) is 0 Å². The Labute approximate surface area is 180 Å². The number of carbonyl (C=O) groups excluding carboxylic acids is 1. The minimum atomic E-state index is -0.334. The fraction of sp³-hybridized carbons (Fsp3) is 0.240. The first kappa shape index (κ1) is 19.4. The Morgan fingerprint density at radius 1 is 1.00 bits per heavy atom. The third-order valence-electron chi connectivity index (χ3n) is 6.05. The van der Waals surface area contributed by atoms with Gasteiger partial charge in [-0.2, -0.15) is 5.10 Å². The Morgan fingerprint density at radius 2 is 1.74 bits per heavy atom. The van der Waals surface area contributed by atoms with Crippen LogP contribution in [0.5, 0.6) is 0 Å². The Kier molecular flexibility index (Phi) is 5.20. The average molecular weight is 414 g/mol. The van der Waals surface area contributed by atoms with Gasteiger partial charge < -0.3 is 4.90 Å². The van der Waals surface area contributed by atoms with E-state index in [-0.39, 0.29) is 11.7 Å². The summed E-state index contributed by atoms with van der Waals surface area (Å²) in [6.45, 7) is 1.45. The summed E-state index contributed by atoms with van der Waals surface area (Å²) in [7, 11) is 0. The molecule has 3 heterocycles. The molecule has 1 amide bonds. The molecule has 0 radical (unpaired) electrons. The summed E-state index contributed by atoms with van der Waals surface area (Å²) in [6, 6.07) is 18.8. The summed E-state index contributed by atoms with van der Waals surface area (Å²) in [5.74, 6) is 0.186. The Bertz CT molecular complexity index is 1210. The van der Waals surface area contributed by atoms with Gasteiger partial charge in [0.1, 0.15) is 11.4 Å². The number of hydrogen-bond donors (Lipinski definition) is 0. The predicted octanol–water partition coefficient (Wildman–Crippen LogP) is 4.63. The van der Waals surface area contributed by atoms with Crippen LogP contribution in [0.4, 0.5) is 4.39 Å². The topological polar surface area (TPSA) is 50.5 Å². The number of carbonyl (C=O) groups is 1. The number of rotatable bonds is 4. The van der Waals surface area contributed by atoms with Crippen molar-refractivity contribution in [3.05, 3.63) is 90.0 Å². The fourth-order valence-electron chi connectivity index (χ4n) is 4.37. The quantitative estimate of drug-likeness (QED) is 0.489. The zero-order valence-corrected chi connectivity index (χ0v) is 17.1. The SMILES string of the molecule is O=C(c1cnn2c(-c3ccccc3F)ccnc12)N1CCC(Cc2ccccc2)CC1. The second kappa shape index (κ2) is 8.30. The lowest BCUT2D eigenvalue weighted by molar-refractivity contribution is 0.0692. The zero-order chi connectivity index (χ0) is 21.2. The molecule has 0 saturated carbocycles. The number of piperidine rings is 1. The number of nitrogens with zero attached hydrogens (tertiary/aromatic N) is 4. The van der Waals surface area contributed by atoms with Crippen LogP contribution in [0, 0.1) is 11.7 Å². The van der Waals surface area contributed by atoms with Crippen LogP contribution in [0.2, 0.25) is 0 Å². The second-order valence-electron chi connectivity index (χ2n) is 8.03. The van der Waals surface area contributed by atoms with Crippen molar-refractivity contribution in [3.63, 3.8) is 0 Å². The Balaban J connectivity index is 1.34. The molecule has 1 aliphatic heterocycles. The van der Waals surface area contributed by atoms with E-state index in [4.69, 9.17) is 0 Å². The largest absolute Gasteiger partial charge is 0.338 e. The smallest absolute Gasteiger partial charge is 0.259 e. The van der Waals surface area contributed by atoms with Crippen LogP contribution in [0.15, 0.2) is 73.1 Å². The van der Waals surface area contributed by atoms with Crippen LogP contribution in [0.25, 0.3) is 16.9 Å². The highest BCUT2D eigenvalue weighted by molar-refractivity contribution is 6.00. The van der Waals surface area contributed by atoms with E-state index in [0.29, 0.717) is 28.4 Å². The predicted molar refractivity (Wildman–Crippen MR) is 117 cm³/mol. The first-order valence-corrected chi connectivity index (χ1v) is 10.6. The lowest BCUT2D eigenvalue weighted by Crippen LogP contribution is -2.38. The highest BCUT2D eigenvalue weighted by Crippen LogP contribution is 2.26. The zero-order valence-electron chi connectivity index (χ0n) is 17.1. The van der Waals surface area contributed by atoms with E-state index in [2.05, 4.69) is 34.3 Å². The fourth-order valence-corrected chi connectivity index (χ4v) is 4.37.